The third-order valence-electron chi connectivity index (χ3n) is 3.66. The molecule has 3 aromatic heterocycles. The van der Waals surface area contributed by atoms with Crippen LogP contribution < -0.4 is 0 Å². The first-order valence-electron chi connectivity index (χ1n) is 6.62. The lowest BCUT2D eigenvalue weighted by Gasteiger charge is -2.02. The van der Waals surface area contributed by atoms with E-state index in [0.29, 0.717) is 5.65 Å². The Morgan fingerprint density at radius 3 is 2.95 bits per heavy atom. The summed E-state index contributed by atoms with van der Waals surface area (Å²) in [5.74, 6) is -2.64. The van der Waals surface area contributed by atoms with Gasteiger partial charge >= 0.3 is 0 Å². The molecule has 9 heteroatoms. The van der Waals surface area contributed by atoms with Crippen LogP contribution >= 0.6 is 15.9 Å². The summed E-state index contributed by atoms with van der Waals surface area (Å²) in [4.78, 5) is 8.57. The Bertz CT molecular complexity index is 875. The van der Waals surface area contributed by atoms with Crippen molar-refractivity contribution < 1.29 is 13.2 Å². The van der Waals surface area contributed by atoms with Crippen molar-refractivity contribution in [3.05, 3.63) is 34.3 Å². The number of hydrogen-bond acceptors (Lipinski definition) is 5. The molecule has 22 heavy (non-hydrogen) atoms. The van der Waals surface area contributed by atoms with Crippen molar-refractivity contribution in [2.45, 2.75) is 31.7 Å². The highest BCUT2D eigenvalue weighted by Gasteiger charge is 2.60. The van der Waals surface area contributed by atoms with Crippen LogP contribution in [0.1, 0.15) is 29.9 Å². The number of halogens is 3. The van der Waals surface area contributed by atoms with Crippen molar-refractivity contribution in [2.75, 3.05) is 0 Å². The summed E-state index contributed by atoms with van der Waals surface area (Å²) in [6.07, 6.45) is 1.44. The minimum atomic E-state index is -2.71. The van der Waals surface area contributed by atoms with Crippen LogP contribution in [-0.2, 0) is 6.54 Å². The molecule has 1 unspecified atom stereocenters. The number of rotatable bonds is 3. The summed E-state index contributed by atoms with van der Waals surface area (Å²) in [7, 11) is 0. The quantitative estimate of drug-likeness (QED) is 0.709. The monoisotopic (exact) mass is 369 g/mol. The van der Waals surface area contributed by atoms with Crippen LogP contribution in [0.15, 0.2) is 21.2 Å². The van der Waals surface area contributed by atoms with Crippen molar-refractivity contribution in [3.8, 4) is 0 Å². The van der Waals surface area contributed by atoms with E-state index in [1.165, 1.54) is 0 Å². The summed E-state index contributed by atoms with van der Waals surface area (Å²) in [6, 6.07) is 1.88. The lowest BCUT2D eigenvalue weighted by atomic mass is 10.4. The highest BCUT2D eigenvalue weighted by Crippen LogP contribution is 2.55. The predicted molar refractivity (Wildman–Crippen MR) is 75.7 cm³/mol. The van der Waals surface area contributed by atoms with Crippen molar-refractivity contribution >= 4 is 27.1 Å². The van der Waals surface area contributed by atoms with Gasteiger partial charge in [0, 0.05) is 17.1 Å². The molecule has 114 valence electrons. The lowest BCUT2D eigenvalue weighted by molar-refractivity contribution is 0.107. The number of alkyl halides is 2. The lowest BCUT2D eigenvalue weighted by Crippen LogP contribution is -2.02. The van der Waals surface area contributed by atoms with Crippen molar-refractivity contribution in [3.63, 3.8) is 0 Å². The zero-order chi connectivity index (χ0) is 15.5. The standard InChI is InChI=1S/C13H10BrF2N5O/c1-6-18-11-9(2-7(14)4-17-11)21(6)5-10-19-20-12(22-10)8-3-13(8,15)16/h2,4,8H,3,5H2,1H3. The molecule has 1 atom stereocenters. The molecule has 1 fully saturated rings. The van der Waals surface area contributed by atoms with E-state index in [1.807, 2.05) is 17.6 Å². The van der Waals surface area contributed by atoms with Gasteiger partial charge in [-0.1, -0.05) is 0 Å². The fourth-order valence-corrected chi connectivity index (χ4v) is 2.70. The normalized spacial score (nSPS) is 19.7. The van der Waals surface area contributed by atoms with E-state index < -0.39 is 11.8 Å². The molecule has 1 aliphatic carbocycles. The number of aromatic nitrogens is 5. The van der Waals surface area contributed by atoms with Crippen molar-refractivity contribution in [2.24, 2.45) is 0 Å². The van der Waals surface area contributed by atoms with E-state index in [-0.39, 0.29) is 24.7 Å². The van der Waals surface area contributed by atoms with Gasteiger partial charge in [-0.15, -0.1) is 10.2 Å². The molecule has 0 bridgehead atoms. The van der Waals surface area contributed by atoms with Crippen LogP contribution in [0, 0.1) is 6.92 Å². The molecule has 0 aromatic carbocycles. The number of nitrogens with zero attached hydrogens (tertiary/aromatic N) is 5. The van der Waals surface area contributed by atoms with E-state index >= 15 is 0 Å². The SMILES string of the molecule is Cc1nc2ncc(Br)cc2n1Cc1nnc(C2CC2(F)F)o1. The molecule has 0 N–H and O–H groups in total. The second-order valence-electron chi connectivity index (χ2n) is 5.29. The van der Waals surface area contributed by atoms with Gasteiger partial charge in [-0.25, -0.2) is 18.7 Å². The van der Waals surface area contributed by atoms with Crippen molar-refractivity contribution in [1.82, 2.24) is 24.7 Å². The van der Waals surface area contributed by atoms with Crippen LogP contribution in [0.5, 0.6) is 0 Å². The Balaban J connectivity index is 1.66. The van der Waals surface area contributed by atoms with Crippen LogP contribution in [0.25, 0.3) is 11.2 Å². The highest BCUT2D eigenvalue weighted by atomic mass is 79.9. The molecule has 0 saturated heterocycles. The van der Waals surface area contributed by atoms with Gasteiger partial charge in [-0.2, -0.15) is 0 Å². The van der Waals surface area contributed by atoms with Gasteiger partial charge in [0.15, 0.2) is 5.65 Å². The first-order valence-corrected chi connectivity index (χ1v) is 7.42. The minimum absolute atomic E-state index is 0.00128. The molecule has 1 saturated carbocycles. The summed E-state index contributed by atoms with van der Waals surface area (Å²) in [5.41, 5.74) is 1.41. The molecule has 0 aliphatic heterocycles. The molecule has 3 aromatic rings. The van der Waals surface area contributed by atoms with Gasteiger partial charge in [0.1, 0.15) is 18.3 Å². The summed E-state index contributed by atoms with van der Waals surface area (Å²) >= 11 is 3.37. The maximum Gasteiger partial charge on any atom is 0.260 e. The van der Waals surface area contributed by atoms with Gasteiger partial charge in [0.2, 0.25) is 11.8 Å². The molecular formula is C13H10BrF2N5O. The second kappa shape index (κ2) is 4.55. The van der Waals surface area contributed by atoms with Gasteiger partial charge in [0.05, 0.1) is 5.52 Å². The zero-order valence-electron chi connectivity index (χ0n) is 11.4. The maximum absolute atomic E-state index is 13.0. The van der Waals surface area contributed by atoms with Crippen LogP contribution in [0.2, 0.25) is 0 Å². The van der Waals surface area contributed by atoms with E-state index in [9.17, 15) is 8.78 Å². The Morgan fingerprint density at radius 2 is 2.23 bits per heavy atom. The minimum Gasteiger partial charge on any atom is -0.423 e. The zero-order valence-corrected chi connectivity index (χ0v) is 13.0. The summed E-state index contributed by atoms with van der Waals surface area (Å²) < 4.78 is 34.1. The summed E-state index contributed by atoms with van der Waals surface area (Å²) in [5, 5.41) is 7.58. The average Bonchev–Trinajstić information content (AvgIpc) is 2.83. The second-order valence-corrected chi connectivity index (χ2v) is 6.21. The molecule has 4 rings (SSSR count). The van der Waals surface area contributed by atoms with Gasteiger partial charge < -0.3 is 8.98 Å². The summed E-state index contributed by atoms with van der Waals surface area (Å²) in [6.45, 7) is 2.10. The third kappa shape index (κ3) is 2.20. The molecule has 0 amide bonds. The van der Waals surface area contributed by atoms with E-state index in [2.05, 4.69) is 36.1 Å². The third-order valence-corrected chi connectivity index (χ3v) is 4.10. The number of imidazole rings is 1. The molecule has 3 heterocycles. The van der Waals surface area contributed by atoms with Gasteiger partial charge in [-0.3, -0.25) is 0 Å². The molecule has 6 nitrogen and oxygen atoms in total. The Kier molecular flexibility index (Phi) is 2.84. The topological polar surface area (TPSA) is 69.6 Å². The first-order chi connectivity index (χ1) is 10.4. The smallest absolute Gasteiger partial charge is 0.260 e. The van der Waals surface area contributed by atoms with Crippen LogP contribution in [0.3, 0.4) is 0 Å². The largest absolute Gasteiger partial charge is 0.423 e. The van der Waals surface area contributed by atoms with E-state index in [1.54, 1.807) is 6.20 Å². The van der Waals surface area contributed by atoms with Gasteiger partial charge in [0.25, 0.3) is 5.92 Å². The van der Waals surface area contributed by atoms with Gasteiger partial charge in [-0.05, 0) is 28.9 Å². The van der Waals surface area contributed by atoms with Crippen LogP contribution in [-0.4, -0.2) is 30.7 Å². The Morgan fingerprint density at radius 1 is 1.45 bits per heavy atom. The molecule has 0 spiro atoms. The molecule has 0 radical (unpaired) electrons. The van der Waals surface area contributed by atoms with Crippen LogP contribution in [0.4, 0.5) is 8.78 Å². The fraction of sp³-hybridized carbons (Fsp3) is 0.385. The number of pyridine rings is 1. The Labute approximate surface area is 131 Å². The fourth-order valence-electron chi connectivity index (χ4n) is 2.38. The van der Waals surface area contributed by atoms with E-state index in [0.717, 1.165) is 15.8 Å². The molecular weight excluding hydrogens is 360 g/mol. The number of fused-ring (bicyclic) bond motifs is 1. The molecule has 1 aliphatic rings. The number of aryl methyl sites for hydroxylation is 1. The maximum atomic E-state index is 13.0. The highest BCUT2D eigenvalue weighted by molar-refractivity contribution is 9.10. The van der Waals surface area contributed by atoms with Crippen molar-refractivity contribution in [1.29, 1.82) is 0 Å². The van der Waals surface area contributed by atoms with E-state index in [4.69, 9.17) is 4.42 Å². The predicted octanol–water partition coefficient (Wildman–Crippen LogP) is 3.06. The number of hydrogen-bond donors (Lipinski definition) is 0. The first kappa shape index (κ1) is 13.7. The average molecular weight is 370 g/mol. The Hall–Kier alpha value is -1.90.